The third kappa shape index (κ3) is 2.72. The Morgan fingerprint density at radius 3 is 2.82 bits per heavy atom. The van der Waals surface area contributed by atoms with Crippen molar-refractivity contribution in [2.75, 3.05) is 13.1 Å². The largest absolute Gasteiger partial charge is 0.329 e. The summed E-state index contributed by atoms with van der Waals surface area (Å²) < 4.78 is 3.11. The van der Waals surface area contributed by atoms with Crippen LogP contribution in [0, 0.1) is 6.92 Å². The first kappa shape index (κ1) is 13.1. The molecule has 17 heavy (non-hydrogen) atoms. The van der Waals surface area contributed by atoms with E-state index >= 15 is 0 Å². The van der Waals surface area contributed by atoms with Crippen molar-refractivity contribution in [1.82, 2.24) is 14.7 Å². The van der Waals surface area contributed by atoms with Crippen molar-refractivity contribution < 1.29 is 0 Å². The van der Waals surface area contributed by atoms with Crippen molar-refractivity contribution >= 4 is 15.9 Å². The van der Waals surface area contributed by atoms with Crippen LogP contribution in [0.5, 0.6) is 0 Å². The molecule has 2 rings (SSSR count). The highest BCUT2D eigenvalue weighted by atomic mass is 79.9. The minimum atomic E-state index is 0.533. The number of nitrogens with two attached hydrogens (primary N) is 1. The molecule has 0 bridgehead atoms. The molecule has 0 saturated carbocycles. The zero-order valence-corrected chi connectivity index (χ0v) is 12.2. The minimum absolute atomic E-state index is 0.533. The average Bonchev–Trinajstić information content (AvgIpc) is 2.57. The summed E-state index contributed by atoms with van der Waals surface area (Å²) in [5.41, 5.74) is 8.16. The molecule has 1 saturated heterocycles. The molecule has 2 heterocycles. The normalized spacial score (nSPS) is 22.0. The van der Waals surface area contributed by atoms with E-state index in [1.165, 1.54) is 25.0 Å². The Kier molecular flexibility index (Phi) is 4.22. The number of aromatic nitrogens is 2. The molecule has 1 aliphatic rings. The van der Waals surface area contributed by atoms with Gasteiger partial charge in [-0.2, -0.15) is 5.10 Å². The summed E-state index contributed by atoms with van der Waals surface area (Å²) in [4.78, 5) is 2.49. The van der Waals surface area contributed by atoms with E-state index in [1.54, 1.807) is 0 Å². The minimum Gasteiger partial charge on any atom is -0.329 e. The van der Waals surface area contributed by atoms with Crippen molar-refractivity contribution in [2.45, 2.75) is 38.8 Å². The van der Waals surface area contributed by atoms with Crippen LogP contribution in [0.15, 0.2) is 4.47 Å². The Labute approximate surface area is 111 Å². The second-order valence-electron chi connectivity index (χ2n) is 4.83. The van der Waals surface area contributed by atoms with Crippen molar-refractivity contribution in [3.8, 4) is 0 Å². The standard InChI is InChI=1S/C12H21BrN4/c1-9-12(13)11(16(2)15-9)8-17-6-4-3-5-10(17)7-14/h10H,3-8,14H2,1-2H3. The molecule has 96 valence electrons. The lowest BCUT2D eigenvalue weighted by atomic mass is 10.0. The summed E-state index contributed by atoms with van der Waals surface area (Å²) in [6, 6.07) is 0.533. The Balaban J connectivity index is 2.13. The van der Waals surface area contributed by atoms with E-state index in [0.29, 0.717) is 6.04 Å². The van der Waals surface area contributed by atoms with Gasteiger partial charge >= 0.3 is 0 Å². The smallest absolute Gasteiger partial charge is 0.0739 e. The van der Waals surface area contributed by atoms with Gasteiger partial charge in [0, 0.05) is 26.2 Å². The van der Waals surface area contributed by atoms with Gasteiger partial charge in [-0.3, -0.25) is 9.58 Å². The van der Waals surface area contributed by atoms with E-state index in [2.05, 4.69) is 25.9 Å². The Bertz CT molecular complexity index is 388. The quantitative estimate of drug-likeness (QED) is 0.926. The van der Waals surface area contributed by atoms with Crippen LogP contribution in [0.4, 0.5) is 0 Å². The Morgan fingerprint density at radius 1 is 1.47 bits per heavy atom. The van der Waals surface area contributed by atoms with Crippen LogP contribution in [-0.2, 0) is 13.6 Å². The number of hydrogen-bond donors (Lipinski definition) is 1. The van der Waals surface area contributed by atoms with Crippen LogP contribution in [0.25, 0.3) is 0 Å². The van der Waals surface area contributed by atoms with Gasteiger partial charge in [-0.15, -0.1) is 0 Å². The number of hydrogen-bond acceptors (Lipinski definition) is 3. The lowest BCUT2D eigenvalue weighted by Gasteiger charge is -2.34. The van der Waals surface area contributed by atoms with Gasteiger partial charge in [0.2, 0.25) is 0 Å². The van der Waals surface area contributed by atoms with Gasteiger partial charge in [0.25, 0.3) is 0 Å². The number of nitrogens with zero attached hydrogens (tertiary/aromatic N) is 3. The topological polar surface area (TPSA) is 47.1 Å². The first-order valence-electron chi connectivity index (χ1n) is 6.25. The maximum Gasteiger partial charge on any atom is 0.0739 e. The van der Waals surface area contributed by atoms with Crippen LogP contribution >= 0.6 is 15.9 Å². The summed E-state index contributed by atoms with van der Waals surface area (Å²) in [6.07, 6.45) is 3.82. The summed E-state index contributed by atoms with van der Waals surface area (Å²) in [6.45, 7) is 4.89. The number of likely N-dealkylation sites (tertiary alicyclic amines) is 1. The molecule has 0 aliphatic carbocycles. The maximum absolute atomic E-state index is 5.85. The predicted octanol–water partition coefficient (Wildman–Crippen LogP) is 1.80. The molecule has 0 radical (unpaired) electrons. The number of aryl methyl sites for hydroxylation is 2. The molecule has 1 atom stereocenters. The molecule has 1 unspecified atom stereocenters. The van der Waals surface area contributed by atoms with Gasteiger partial charge in [0.05, 0.1) is 15.9 Å². The number of piperidine rings is 1. The molecule has 1 aliphatic heterocycles. The predicted molar refractivity (Wildman–Crippen MR) is 72.7 cm³/mol. The molecular formula is C12H21BrN4. The van der Waals surface area contributed by atoms with Crippen LogP contribution in [0.1, 0.15) is 30.7 Å². The fraction of sp³-hybridized carbons (Fsp3) is 0.750. The van der Waals surface area contributed by atoms with Gasteiger partial charge in [-0.1, -0.05) is 6.42 Å². The summed E-state index contributed by atoms with van der Waals surface area (Å²) in [7, 11) is 2.01. The molecule has 2 N–H and O–H groups in total. The molecule has 5 heteroatoms. The fourth-order valence-electron chi connectivity index (χ4n) is 2.58. The van der Waals surface area contributed by atoms with Gasteiger partial charge in [-0.25, -0.2) is 0 Å². The highest BCUT2D eigenvalue weighted by Crippen LogP contribution is 2.25. The molecule has 1 aromatic rings. The molecule has 0 amide bonds. The average molecular weight is 301 g/mol. The van der Waals surface area contributed by atoms with Crippen LogP contribution in [0.3, 0.4) is 0 Å². The molecular weight excluding hydrogens is 280 g/mol. The molecule has 0 spiro atoms. The van der Waals surface area contributed by atoms with Crippen molar-refractivity contribution in [3.05, 3.63) is 15.9 Å². The van der Waals surface area contributed by atoms with Crippen molar-refractivity contribution in [1.29, 1.82) is 0 Å². The SMILES string of the molecule is Cc1nn(C)c(CN2CCCCC2CN)c1Br. The van der Waals surface area contributed by atoms with E-state index in [-0.39, 0.29) is 0 Å². The first-order valence-corrected chi connectivity index (χ1v) is 7.05. The zero-order valence-electron chi connectivity index (χ0n) is 10.6. The maximum atomic E-state index is 5.85. The lowest BCUT2D eigenvalue weighted by molar-refractivity contribution is 0.141. The molecule has 4 nitrogen and oxygen atoms in total. The van der Waals surface area contributed by atoms with Gasteiger partial charge in [-0.05, 0) is 42.2 Å². The van der Waals surface area contributed by atoms with E-state index in [1.807, 2.05) is 18.7 Å². The monoisotopic (exact) mass is 300 g/mol. The van der Waals surface area contributed by atoms with E-state index in [4.69, 9.17) is 5.73 Å². The fourth-order valence-corrected chi connectivity index (χ4v) is 3.04. The second-order valence-corrected chi connectivity index (χ2v) is 5.62. The highest BCUT2D eigenvalue weighted by Gasteiger charge is 2.23. The number of rotatable bonds is 3. The Morgan fingerprint density at radius 2 is 2.24 bits per heavy atom. The zero-order chi connectivity index (χ0) is 12.4. The third-order valence-corrected chi connectivity index (χ3v) is 4.67. The van der Waals surface area contributed by atoms with Crippen molar-refractivity contribution in [2.24, 2.45) is 12.8 Å². The van der Waals surface area contributed by atoms with Gasteiger partial charge in [0.1, 0.15) is 0 Å². The second kappa shape index (κ2) is 5.50. The summed E-state index contributed by atoms with van der Waals surface area (Å²) in [5, 5.41) is 4.44. The summed E-state index contributed by atoms with van der Waals surface area (Å²) in [5.74, 6) is 0. The van der Waals surface area contributed by atoms with Crippen LogP contribution < -0.4 is 5.73 Å². The van der Waals surface area contributed by atoms with Gasteiger partial charge in [0.15, 0.2) is 0 Å². The van der Waals surface area contributed by atoms with E-state index in [0.717, 1.165) is 29.8 Å². The third-order valence-electron chi connectivity index (χ3n) is 3.64. The van der Waals surface area contributed by atoms with E-state index < -0.39 is 0 Å². The molecule has 1 aromatic heterocycles. The molecule has 1 fully saturated rings. The first-order chi connectivity index (χ1) is 8.13. The Hall–Kier alpha value is -0.390. The van der Waals surface area contributed by atoms with Crippen LogP contribution in [-0.4, -0.2) is 33.8 Å². The van der Waals surface area contributed by atoms with Gasteiger partial charge < -0.3 is 5.73 Å². The van der Waals surface area contributed by atoms with Crippen LogP contribution in [0.2, 0.25) is 0 Å². The van der Waals surface area contributed by atoms with E-state index in [9.17, 15) is 0 Å². The van der Waals surface area contributed by atoms with Crippen molar-refractivity contribution in [3.63, 3.8) is 0 Å². The highest BCUT2D eigenvalue weighted by molar-refractivity contribution is 9.10. The molecule has 0 aromatic carbocycles. The summed E-state index contributed by atoms with van der Waals surface area (Å²) >= 11 is 3.63. The number of halogens is 1. The lowest BCUT2D eigenvalue weighted by Crippen LogP contribution is -2.43.